The van der Waals surface area contributed by atoms with Gasteiger partial charge in [-0.3, -0.25) is 4.79 Å². The van der Waals surface area contributed by atoms with Gasteiger partial charge in [-0.05, 0) is 54.4 Å². The van der Waals surface area contributed by atoms with Crippen LogP contribution in [0.3, 0.4) is 0 Å². The molecule has 1 heterocycles. The molecule has 0 radical (unpaired) electrons. The fraction of sp³-hybridized carbons (Fsp3) is 0.0645. The third-order valence-corrected chi connectivity index (χ3v) is 6.99. The quantitative estimate of drug-likeness (QED) is 0.0855. The molecule has 1 amide bonds. The Kier molecular flexibility index (Phi) is 8.00. The van der Waals surface area contributed by atoms with Gasteiger partial charge in [-0.2, -0.15) is 5.10 Å². The maximum absolute atomic E-state index is 13.3. The highest BCUT2D eigenvalue weighted by atomic mass is 79.9. The van der Waals surface area contributed by atoms with Crippen LogP contribution in [0, 0.1) is 6.92 Å². The molecule has 0 saturated heterocycles. The molecule has 0 saturated carbocycles. The average Bonchev–Trinajstić information content (AvgIpc) is 3.36. The van der Waals surface area contributed by atoms with Gasteiger partial charge in [0.15, 0.2) is 0 Å². The second-order valence-corrected chi connectivity index (χ2v) is 10.2. The summed E-state index contributed by atoms with van der Waals surface area (Å²) in [6.45, 7) is 1.99. The van der Waals surface area contributed by atoms with Gasteiger partial charge >= 0.3 is 5.97 Å². The summed E-state index contributed by atoms with van der Waals surface area (Å²) in [5, 5.41) is 5.49. The Morgan fingerprint density at radius 2 is 1.75 bits per heavy atom. The number of H-pyrrole nitrogens is 1. The molecule has 0 aliphatic heterocycles. The van der Waals surface area contributed by atoms with E-state index in [9.17, 15) is 9.59 Å². The number of nitrogens with zero attached hydrogens (tertiary/aromatic N) is 1. The number of esters is 1. The molecule has 0 aliphatic rings. The van der Waals surface area contributed by atoms with Gasteiger partial charge in [0.2, 0.25) is 0 Å². The highest BCUT2D eigenvalue weighted by Gasteiger charge is 2.20. The summed E-state index contributed by atoms with van der Waals surface area (Å²) in [7, 11) is 1.46. The summed E-state index contributed by atoms with van der Waals surface area (Å²) in [6.07, 6.45) is 1.41. The monoisotopic (exact) mass is 615 g/mol. The smallest absolute Gasteiger partial charge is 0.347 e. The summed E-state index contributed by atoms with van der Waals surface area (Å²) in [5.74, 6) is -0.500. The van der Waals surface area contributed by atoms with Crippen molar-refractivity contribution in [3.05, 3.63) is 117 Å². The van der Waals surface area contributed by atoms with Crippen molar-refractivity contribution < 1.29 is 19.1 Å². The maximum atomic E-state index is 13.3. The van der Waals surface area contributed by atoms with Crippen LogP contribution in [0.4, 0.5) is 0 Å². The average molecular weight is 617 g/mol. The molecule has 0 unspecified atom stereocenters. The van der Waals surface area contributed by atoms with Crippen molar-refractivity contribution in [3.8, 4) is 22.6 Å². The van der Waals surface area contributed by atoms with Gasteiger partial charge in [0.1, 0.15) is 22.8 Å². The fourth-order valence-corrected chi connectivity index (χ4v) is 4.91. The number of nitrogens with one attached hydrogen (secondary N) is 2. The summed E-state index contributed by atoms with van der Waals surface area (Å²) in [5.41, 5.74) is 7.23. The minimum atomic E-state index is -0.652. The molecule has 40 heavy (non-hydrogen) atoms. The summed E-state index contributed by atoms with van der Waals surface area (Å²) < 4.78 is 11.7. The molecule has 200 valence electrons. The number of hydrazone groups is 1. The minimum Gasteiger partial charge on any atom is -0.496 e. The summed E-state index contributed by atoms with van der Waals surface area (Å²) in [4.78, 5) is 29.6. The SMILES string of the molecule is COc1ccc(Cl)cc1C(=O)Oc1ccc(Br)cc1C=NNC(=O)c1[nH]c2c(C)cccc2c1-c1ccccc1. The van der Waals surface area contributed by atoms with E-state index in [1.807, 2.05) is 55.5 Å². The first-order valence-electron chi connectivity index (χ1n) is 12.2. The first kappa shape index (κ1) is 27.2. The van der Waals surface area contributed by atoms with Crippen LogP contribution >= 0.6 is 27.5 Å². The maximum Gasteiger partial charge on any atom is 0.347 e. The molecule has 4 aromatic carbocycles. The number of rotatable bonds is 7. The van der Waals surface area contributed by atoms with E-state index in [-0.39, 0.29) is 11.3 Å². The molecule has 9 heteroatoms. The number of para-hydroxylation sites is 1. The number of fused-ring (bicyclic) bond motifs is 1. The van der Waals surface area contributed by atoms with Gasteiger partial charge in [-0.15, -0.1) is 0 Å². The summed E-state index contributed by atoms with van der Waals surface area (Å²) >= 11 is 9.50. The van der Waals surface area contributed by atoms with E-state index < -0.39 is 11.9 Å². The first-order valence-corrected chi connectivity index (χ1v) is 13.4. The number of aryl methyl sites for hydroxylation is 1. The Morgan fingerprint density at radius 1 is 0.975 bits per heavy atom. The molecular formula is C31H23BrClN3O4. The molecule has 0 fully saturated rings. The number of methoxy groups -OCH3 is 1. The number of aromatic nitrogens is 1. The molecule has 0 atom stereocenters. The van der Waals surface area contributed by atoms with Crippen LogP contribution in [-0.2, 0) is 0 Å². The lowest BCUT2D eigenvalue weighted by atomic mass is 10.0. The van der Waals surface area contributed by atoms with Crippen molar-refractivity contribution in [2.75, 3.05) is 7.11 Å². The fourth-order valence-electron chi connectivity index (χ4n) is 4.36. The van der Waals surface area contributed by atoms with Crippen LogP contribution in [0.15, 0.2) is 94.5 Å². The number of hydrogen-bond acceptors (Lipinski definition) is 5. The Bertz CT molecular complexity index is 1770. The molecule has 2 N–H and O–H groups in total. The second kappa shape index (κ2) is 11.8. The Hall–Kier alpha value is -4.40. The second-order valence-electron chi connectivity index (χ2n) is 8.85. The molecule has 5 rings (SSSR count). The highest BCUT2D eigenvalue weighted by molar-refractivity contribution is 9.10. The Balaban J connectivity index is 1.42. The van der Waals surface area contributed by atoms with Crippen LogP contribution in [0.2, 0.25) is 5.02 Å². The number of aromatic amines is 1. The van der Waals surface area contributed by atoms with Crippen LogP contribution in [0.5, 0.6) is 11.5 Å². The van der Waals surface area contributed by atoms with E-state index in [1.165, 1.54) is 19.4 Å². The Morgan fingerprint density at radius 3 is 2.52 bits per heavy atom. The van der Waals surface area contributed by atoms with Crippen molar-refractivity contribution >= 4 is 56.5 Å². The van der Waals surface area contributed by atoms with Gasteiger partial charge in [-0.25, -0.2) is 10.2 Å². The van der Waals surface area contributed by atoms with Crippen molar-refractivity contribution in [1.29, 1.82) is 0 Å². The molecular weight excluding hydrogens is 594 g/mol. The molecule has 0 bridgehead atoms. The molecule has 1 aromatic heterocycles. The summed E-state index contributed by atoms with van der Waals surface area (Å²) in [6, 6.07) is 25.4. The Labute approximate surface area is 243 Å². The third kappa shape index (κ3) is 5.64. The predicted molar refractivity (Wildman–Crippen MR) is 161 cm³/mol. The van der Waals surface area contributed by atoms with Gasteiger partial charge in [0.25, 0.3) is 5.91 Å². The van der Waals surface area contributed by atoms with Gasteiger partial charge in [-0.1, -0.05) is 76.1 Å². The predicted octanol–water partition coefficient (Wildman–Crippen LogP) is 7.55. The van der Waals surface area contributed by atoms with E-state index in [2.05, 4.69) is 31.4 Å². The molecule has 0 aliphatic carbocycles. The van der Waals surface area contributed by atoms with Gasteiger partial charge in [0, 0.05) is 31.5 Å². The van der Waals surface area contributed by atoms with Crippen molar-refractivity contribution in [3.63, 3.8) is 0 Å². The van der Waals surface area contributed by atoms with Gasteiger partial charge in [0.05, 0.1) is 13.3 Å². The van der Waals surface area contributed by atoms with E-state index in [0.29, 0.717) is 22.0 Å². The number of benzene rings is 4. The number of halogens is 2. The molecule has 5 aromatic rings. The lowest BCUT2D eigenvalue weighted by Gasteiger charge is -2.11. The van der Waals surface area contributed by atoms with Crippen LogP contribution in [-0.4, -0.2) is 30.2 Å². The van der Waals surface area contributed by atoms with Gasteiger partial charge < -0.3 is 14.5 Å². The number of carbonyl (C=O) groups is 2. The van der Waals surface area contributed by atoms with E-state index >= 15 is 0 Å². The number of hydrogen-bond donors (Lipinski definition) is 2. The van der Waals surface area contributed by atoms with Crippen molar-refractivity contribution in [2.45, 2.75) is 6.92 Å². The largest absolute Gasteiger partial charge is 0.496 e. The third-order valence-electron chi connectivity index (χ3n) is 6.26. The van der Waals surface area contributed by atoms with E-state index in [4.69, 9.17) is 21.1 Å². The van der Waals surface area contributed by atoms with Crippen molar-refractivity contribution in [1.82, 2.24) is 10.4 Å². The number of amides is 1. The lowest BCUT2D eigenvalue weighted by Crippen LogP contribution is -2.19. The van der Waals surface area contributed by atoms with E-state index in [0.717, 1.165) is 32.1 Å². The number of ether oxygens (including phenoxy) is 2. The minimum absolute atomic E-state index is 0.177. The topological polar surface area (TPSA) is 92.8 Å². The molecule has 0 spiro atoms. The zero-order valence-corrected chi connectivity index (χ0v) is 23.8. The van der Waals surface area contributed by atoms with Crippen molar-refractivity contribution in [2.24, 2.45) is 5.10 Å². The number of carbonyl (C=O) groups excluding carboxylic acids is 2. The zero-order chi connectivity index (χ0) is 28.2. The lowest BCUT2D eigenvalue weighted by molar-refractivity contribution is 0.0730. The van der Waals surface area contributed by atoms with Crippen LogP contribution < -0.4 is 14.9 Å². The standard InChI is InChI=1S/C31H23BrClN3O4/c1-18-7-6-10-23-27(19-8-4-3-5-9-19)29(35-28(18)23)30(37)36-34-17-20-15-21(32)11-13-25(20)40-31(38)24-16-22(33)12-14-26(24)39-2/h3-17,35H,1-2H3,(H,36,37). The normalized spacial score (nSPS) is 11.1. The van der Waals surface area contributed by atoms with Crippen LogP contribution in [0.1, 0.15) is 32.0 Å². The highest BCUT2D eigenvalue weighted by Crippen LogP contribution is 2.34. The first-order chi connectivity index (χ1) is 19.4. The molecule has 7 nitrogen and oxygen atoms in total. The van der Waals surface area contributed by atoms with E-state index in [1.54, 1.807) is 30.3 Å². The van der Waals surface area contributed by atoms with Crippen LogP contribution in [0.25, 0.3) is 22.0 Å². The zero-order valence-electron chi connectivity index (χ0n) is 21.5.